The first-order chi connectivity index (χ1) is 11.3. The van der Waals surface area contributed by atoms with Crippen molar-refractivity contribution in [2.45, 2.75) is 32.6 Å². The minimum absolute atomic E-state index is 0.106. The van der Waals surface area contributed by atoms with Crippen LogP contribution in [0.4, 0.5) is 0 Å². The normalized spacial score (nSPS) is 13.8. The zero-order chi connectivity index (χ0) is 17.7. The zero-order valence-electron chi connectivity index (χ0n) is 14.5. The molecule has 0 bridgehead atoms. The highest BCUT2D eigenvalue weighted by molar-refractivity contribution is 7.89. The van der Waals surface area contributed by atoms with Gasteiger partial charge in [0.15, 0.2) is 0 Å². The Morgan fingerprint density at radius 2 is 1.42 bits per heavy atom. The Labute approximate surface area is 146 Å². The molecule has 2 aromatic rings. The van der Waals surface area contributed by atoms with E-state index in [1.165, 1.54) is 0 Å². The molecule has 0 fully saturated rings. The smallest absolute Gasteiger partial charge is 0.229 e. The Kier molecular flexibility index (Phi) is 5.73. The summed E-state index contributed by atoms with van der Waals surface area (Å²) in [4.78, 5) is 13.8. The molecule has 1 unspecified atom stereocenters. The van der Waals surface area contributed by atoms with Crippen molar-refractivity contribution in [2.24, 2.45) is 5.41 Å². The fourth-order valence-electron chi connectivity index (χ4n) is 2.08. The molecule has 4 heteroatoms. The number of benzene rings is 2. The number of nitrogens with one attached hydrogen (secondary N) is 1. The average molecular weight is 341 g/mol. The van der Waals surface area contributed by atoms with Gasteiger partial charge in [0, 0.05) is 15.2 Å². The Bertz CT molecular complexity index is 759. The van der Waals surface area contributed by atoms with Crippen molar-refractivity contribution in [1.29, 1.82) is 0 Å². The quantitative estimate of drug-likeness (QED) is 0.899. The Hall–Kier alpha value is -2.20. The van der Waals surface area contributed by atoms with Gasteiger partial charge in [0.2, 0.25) is 5.91 Å². The minimum atomic E-state index is -1.34. The van der Waals surface area contributed by atoms with E-state index in [4.69, 9.17) is 0 Å². The monoisotopic (exact) mass is 341 g/mol. The third-order valence-electron chi connectivity index (χ3n) is 3.57. The maximum absolute atomic E-state index is 12.9. The number of rotatable bonds is 4. The molecule has 126 valence electrons. The lowest BCUT2D eigenvalue weighted by Gasteiger charge is -2.21. The summed E-state index contributed by atoms with van der Waals surface area (Å²) < 4.78 is 12.9. The van der Waals surface area contributed by atoms with E-state index in [1.54, 1.807) is 6.92 Å². The largest absolute Gasteiger partial charge is 0.324 e. The van der Waals surface area contributed by atoms with Crippen LogP contribution in [0.1, 0.15) is 33.3 Å². The first-order valence-corrected chi connectivity index (χ1v) is 9.00. The van der Waals surface area contributed by atoms with Crippen molar-refractivity contribution in [3.63, 3.8) is 0 Å². The number of allylic oxidation sites excluding steroid dienone is 1. The number of hydrogen-bond acceptors (Lipinski definition) is 2. The van der Waals surface area contributed by atoms with E-state index in [2.05, 4.69) is 5.32 Å². The molecule has 0 spiro atoms. The van der Waals surface area contributed by atoms with E-state index in [-0.39, 0.29) is 5.91 Å². The molecule has 0 aromatic heterocycles. The summed E-state index contributed by atoms with van der Waals surface area (Å²) in [5.41, 5.74) is 0.920. The summed E-state index contributed by atoms with van der Waals surface area (Å²) >= 11 is 0. The lowest BCUT2D eigenvalue weighted by Crippen LogP contribution is -2.34. The summed E-state index contributed by atoms with van der Waals surface area (Å²) in [6, 6.07) is 18.8. The Balaban J connectivity index is 2.48. The van der Waals surface area contributed by atoms with Crippen LogP contribution in [-0.2, 0) is 15.6 Å². The fourth-order valence-corrected chi connectivity index (χ4v) is 3.20. The van der Waals surface area contributed by atoms with Gasteiger partial charge < -0.3 is 5.32 Å². The molecular formula is C20H23NO2S. The van der Waals surface area contributed by atoms with Crippen molar-refractivity contribution in [3.05, 3.63) is 71.1 Å². The highest BCUT2D eigenvalue weighted by Crippen LogP contribution is 2.24. The second-order valence-electron chi connectivity index (χ2n) is 6.58. The molecule has 2 rings (SSSR count). The van der Waals surface area contributed by atoms with E-state index in [9.17, 15) is 9.00 Å². The van der Waals surface area contributed by atoms with Crippen LogP contribution in [-0.4, -0.2) is 10.1 Å². The molecule has 0 aliphatic heterocycles. The van der Waals surface area contributed by atoms with Gasteiger partial charge in [-0.15, -0.1) is 0 Å². The van der Waals surface area contributed by atoms with Gasteiger partial charge in [-0.25, -0.2) is 4.21 Å². The number of carbonyl (C=O) groups excluding carboxylic acids is 1. The van der Waals surface area contributed by atoms with Crippen LogP contribution in [0.3, 0.4) is 0 Å². The summed E-state index contributed by atoms with van der Waals surface area (Å²) in [5, 5.41) is 2.97. The molecule has 0 aliphatic rings. The third kappa shape index (κ3) is 4.42. The van der Waals surface area contributed by atoms with Gasteiger partial charge in [0.25, 0.3) is 0 Å². The van der Waals surface area contributed by atoms with Crippen molar-refractivity contribution in [1.82, 2.24) is 5.32 Å². The molecule has 3 nitrogen and oxygen atoms in total. The highest BCUT2D eigenvalue weighted by Gasteiger charge is 2.24. The molecular weight excluding hydrogens is 318 g/mol. The predicted molar refractivity (Wildman–Crippen MR) is 99.5 cm³/mol. The Morgan fingerprint density at radius 3 is 1.92 bits per heavy atom. The van der Waals surface area contributed by atoms with Crippen LogP contribution in [0, 0.1) is 5.41 Å². The topological polar surface area (TPSA) is 46.2 Å². The molecule has 0 saturated carbocycles. The number of hydrogen-bond donors (Lipinski definition) is 1. The lowest BCUT2D eigenvalue weighted by atomic mass is 9.95. The van der Waals surface area contributed by atoms with E-state index in [0.29, 0.717) is 15.5 Å². The van der Waals surface area contributed by atoms with E-state index in [0.717, 1.165) is 5.56 Å². The molecule has 1 amide bonds. The van der Waals surface area contributed by atoms with Crippen LogP contribution in [0.5, 0.6) is 0 Å². The van der Waals surface area contributed by atoms with Crippen molar-refractivity contribution >= 4 is 22.4 Å². The van der Waals surface area contributed by atoms with E-state index < -0.39 is 16.2 Å². The van der Waals surface area contributed by atoms with Crippen LogP contribution in [0.2, 0.25) is 0 Å². The summed E-state index contributed by atoms with van der Waals surface area (Å²) in [5.74, 6) is -0.106. The SMILES string of the molecule is C/C(=C(\NC(=O)C(C)(C)C)c1ccccc1)S(=O)c1ccccc1. The fraction of sp³-hybridized carbons (Fsp3) is 0.250. The molecule has 0 aliphatic carbocycles. The molecule has 2 aromatic carbocycles. The van der Waals surface area contributed by atoms with Gasteiger partial charge in [-0.2, -0.15) is 0 Å². The van der Waals surface area contributed by atoms with Gasteiger partial charge in [-0.05, 0) is 24.6 Å². The molecule has 1 N–H and O–H groups in total. The maximum atomic E-state index is 12.9. The average Bonchev–Trinajstić information content (AvgIpc) is 2.59. The predicted octanol–water partition coefficient (Wildman–Crippen LogP) is 4.35. The van der Waals surface area contributed by atoms with Gasteiger partial charge in [0.05, 0.1) is 16.5 Å². The van der Waals surface area contributed by atoms with E-state index >= 15 is 0 Å². The van der Waals surface area contributed by atoms with Gasteiger partial charge in [0.1, 0.15) is 0 Å². The van der Waals surface area contributed by atoms with Crippen LogP contribution < -0.4 is 5.32 Å². The second-order valence-corrected chi connectivity index (χ2v) is 8.20. The molecule has 0 saturated heterocycles. The first kappa shape index (κ1) is 18.1. The van der Waals surface area contributed by atoms with Crippen molar-refractivity contribution in [3.8, 4) is 0 Å². The van der Waals surface area contributed by atoms with Gasteiger partial charge in [-0.1, -0.05) is 69.3 Å². The van der Waals surface area contributed by atoms with Crippen molar-refractivity contribution in [2.75, 3.05) is 0 Å². The highest BCUT2D eigenvalue weighted by atomic mass is 32.2. The molecule has 0 radical (unpaired) electrons. The minimum Gasteiger partial charge on any atom is -0.324 e. The summed E-state index contributed by atoms with van der Waals surface area (Å²) in [6.07, 6.45) is 0. The van der Waals surface area contributed by atoms with Crippen LogP contribution in [0.15, 0.2) is 70.5 Å². The summed E-state index contributed by atoms with van der Waals surface area (Å²) in [7, 11) is -1.34. The van der Waals surface area contributed by atoms with Gasteiger partial charge >= 0.3 is 0 Å². The first-order valence-electron chi connectivity index (χ1n) is 7.85. The zero-order valence-corrected chi connectivity index (χ0v) is 15.3. The van der Waals surface area contributed by atoms with Crippen molar-refractivity contribution < 1.29 is 9.00 Å². The second kappa shape index (κ2) is 7.58. The van der Waals surface area contributed by atoms with Crippen LogP contribution in [0.25, 0.3) is 5.70 Å². The third-order valence-corrected chi connectivity index (χ3v) is 5.03. The maximum Gasteiger partial charge on any atom is 0.229 e. The van der Waals surface area contributed by atoms with E-state index in [1.807, 2.05) is 81.4 Å². The summed E-state index contributed by atoms with van der Waals surface area (Å²) in [6.45, 7) is 7.37. The standard InChI is InChI=1S/C20H23NO2S/c1-15(24(23)17-13-9-6-10-14-17)18(16-11-7-5-8-12-16)21-19(22)20(2,3)4/h5-14H,1-4H3,(H,21,22)/b18-15+. The molecule has 1 atom stereocenters. The van der Waals surface area contributed by atoms with Gasteiger partial charge in [-0.3, -0.25) is 4.79 Å². The molecule has 24 heavy (non-hydrogen) atoms. The van der Waals surface area contributed by atoms with Crippen LogP contribution >= 0.6 is 0 Å². The molecule has 0 heterocycles. The number of carbonyl (C=O) groups is 1. The number of amides is 1. The lowest BCUT2D eigenvalue weighted by molar-refractivity contribution is -0.127. The Morgan fingerprint density at radius 1 is 0.917 bits per heavy atom.